The van der Waals surface area contributed by atoms with E-state index in [1.165, 1.54) is 4.90 Å². The van der Waals surface area contributed by atoms with Crippen LogP contribution in [0.2, 0.25) is 5.02 Å². The molecule has 5 aromatic rings. The number of β-amino-alcohol motifs (C(OH)–C–C–N with tert-alkyl or cyclic N) is 1. The number of amides is 4. The number of ether oxygens (including phenoxy) is 2. The summed E-state index contributed by atoms with van der Waals surface area (Å²) in [6.45, 7) is 16.5. The molecule has 2 aromatic carbocycles. The number of hydrogen-bond donors (Lipinski definition) is 4. The molecule has 0 saturated carbocycles. The maximum Gasteiger partial charge on any atom is 0.249 e. The van der Waals surface area contributed by atoms with Gasteiger partial charge in [-0.3, -0.25) is 28.7 Å². The summed E-state index contributed by atoms with van der Waals surface area (Å²) in [5.74, 6) is -0.0808. The van der Waals surface area contributed by atoms with E-state index in [9.17, 15) is 24.3 Å². The number of aliphatic imine (C=N–C) groups is 1. The smallest absolute Gasteiger partial charge is 0.249 e. The normalized spacial score (nSPS) is 20.8. The van der Waals surface area contributed by atoms with Gasteiger partial charge in [-0.05, 0) is 88.1 Å². The third-order valence-electron chi connectivity index (χ3n) is 13.3. The minimum absolute atomic E-state index is 0.0274. The van der Waals surface area contributed by atoms with E-state index in [1.807, 2.05) is 100 Å². The van der Waals surface area contributed by atoms with Gasteiger partial charge in [0.05, 0.1) is 53.1 Å². The van der Waals surface area contributed by atoms with Crippen LogP contribution in [0.5, 0.6) is 0 Å². The summed E-state index contributed by atoms with van der Waals surface area (Å²) in [5, 5.41) is 30.2. The molecule has 6 heterocycles. The van der Waals surface area contributed by atoms with Crippen molar-refractivity contribution in [2.75, 3.05) is 26.3 Å². The molecule has 4 amide bonds. The first-order chi connectivity index (χ1) is 33.4. The van der Waals surface area contributed by atoms with Crippen LogP contribution in [0.3, 0.4) is 0 Å². The number of fused-ring (bicyclic) bond motifs is 3. The minimum Gasteiger partial charge on any atom is -0.391 e. The molecule has 372 valence electrons. The van der Waals surface area contributed by atoms with Gasteiger partial charge in [0, 0.05) is 47.1 Å². The molecule has 3 aliphatic heterocycles. The fourth-order valence-corrected chi connectivity index (χ4v) is 11.4. The summed E-state index contributed by atoms with van der Waals surface area (Å²) in [4.78, 5) is 68.4. The molecule has 1 unspecified atom stereocenters. The molecule has 0 aliphatic carbocycles. The summed E-state index contributed by atoms with van der Waals surface area (Å²) in [6.07, 6.45) is -0.266. The van der Waals surface area contributed by atoms with Crippen LogP contribution < -0.4 is 16.0 Å². The van der Waals surface area contributed by atoms with Crippen molar-refractivity contribution >= 4 is 63.6 Å². The van der Waals surface area contributed by atoms with Crippen molar-refractivity contribution in [1.29, 1.82) is 0 Å². The van der Waals surface area contributed by atoms with Gasteiger partial charge in [0.1, 0.15) is 35.1 Å². The van der Waals surface area contributed by atoms with Crippen molar-refractivity contribution in [2.24, 2.45) is 10.4 Å². The van der Waals surface area contributed by atoms with Gasteiger partial charge in [0.15, 0.2) is 5.82 Å². The highest BCUT2D eigenvalue weighted by molar-refractivity contribution is 7.15. The van der Waals surface area contributed by atoms with Crippen molar-refractivity contribution in [3.63, 3.8) is 0 Å². The average Bonchev–Trinajstić information content (AvgIpc) is 4.17. The Bertz CT molecular complexity index is 2750. The predicted octanol–water partition coefficient (Wildman–Crippen LogP) is 7.06. The van der Waals surface area contributed by atoms with E-state index in [4.69, 9.17) is 26.1 Å². The fourth-order valence-electron chi connectivity index (χ4n) is 9.27. The van der Waals surface area contributed by atoms with Gasteiger partial charge in [-0.25, -0.2) is 4.98 Å². The van der Waals surface area contributed by atoms with Gasteiger partial charge >= 0.3 is 0 Å². The van der Waals surface area contributed by atoms with E-state index in [2.05, 4.69) is 45.0 Å². The maximum absolute atomic E-state index is 14.3. The first kappa shape index (κ1) is 51.0. The first-order valence-corrected chi connectivity index (χ1v) is 25.9. The summed E-state index contributed by atoms with van der Waals surface area (Å²) in [5.41, 5.74) is 7.79. The van der Waals surface area contributed by atoms with Crippen molar-refractivity contribution in [3.8, 4) is 15.4 Å². The number of nitrogens with one attached hydrogen (secondary N) is 3. The Morgan fingerprint density at radius 3 is 2.40 bits per heavy atom. The number of hydrogen-bond acceptors (Lipinski definition) is 13. The molecule has 3 aliphatic rings. The van der Waals surface area contributed by atoms with Crippen molar-refractivity contribution in [1.82, 2.24) is 40.6 Å². The third kappa shape index (κ3) is 11.2. The zero-order chi connectivity index (χ0) is 50.0. The molecular formula is C51H62ClN9O7S2. The van der Waals surface area contributed by atoms with Gasteiger partial charge in [-0.2, -0.15) is 0 Å². The Kier molecular flexibility index (Phi) is 15.7. The number of carbonyl (C=O) groups is 4. The molecule has 70 heavy (non-hydrogen) atoms. The van der Waals surface area contributed by atoms with Gasteiger partial charge in [0.25, 0.3) is 0 Å². The number of nitrogens with zero attached hydrogens (tertiary/aromatic N) is 6. The second-order valence-electron chi connectivity index (χ2n) is 19.5. The summed E-state index contributed by atoms with van der Waals surface area (Å²) in [7, 11) is 0. The van der Waals surface area contributed by atoms with E-state index in [0.29, 0.717) is 43.3 Å². The quantitative estimate of drug-likeness (QED) is 0.0742. The maximum atomic E-state index is 14.3. The molecule has 2 saturated heterocycles. The number of halogens is 1. The number of thiophene rings is 1. The SMILES string of the molecule is Cc1ncsc1-c1ccc([C@H](C)NC(=O)[C@@H]2C[C@@H](O)CN2C(=O)C(NC(=O)[C@@H]2CC[C@H](COCCCNC(=O)C[C@@H]3N=C(c4ccc(Cl)cc4)c4c(sc(C)c4C)-n4c(C)nnc43)O2)C(C)(C)C)cc1. The molecule has 16 nitrogen and oxygen atoms in total. The molecular weight excluding hydrogens is 950 g/mol. The van der Waals surface area contributed by atoms with Crippen LogP contribution >= 0.6 is 34.3 Å². The first-order valence-electron chi connectivity index (χ1n) is 23.8. The second-order valence-corrected chi connectivity index (χ2v) is 22.0. The molecule has 0 spiro atoms. The van der Waals surface area contributed by atoms with E-state index in [-0.39, 0.29) is 50.0 Å². The molecule has 0 radical (unpaired) electrons. The van der Waals surface area contributed by atoms with Gasteiger partial charge in [0.2, 0.25) is 23.6 Å². The van der Waals surface area contributed by atoms with E-state index < -0.39 is 47.6 Å². The highest BCUT2D eigenvalue weighted by Crippen LogP contribution is 2.40. The Morgan fingerprint density at radius 2 is 1.70 bits per heavy atom. The zero-order valence-electron chi connectivity index (χ0n) is 40.9. The lowest BCUT2D eigenvalue weighted by molar-refractivity contribution is -0.146. The van der Waals surface area contributed by atoms with Gasteiger partial charge in [-0.15, -0.1) is 32.9 Å². The van der Waals surface area contributed by atoms with Crippen LogP contribution in [0.1, 0.15) is 116 Å². The van der Waals surface area contributed by atoms with Crippen molar-refractivity contribution in [3.05, 3.63) is 104 Å². The number of carbonyl (C=O) groups excluding carboxylic acids is 4. The summed E-state index contributed by atoms with van der Waals surface area (Å²) in [6, 6.07) is 12.7. The minimum atomic E-state index is -0.987. The Balaban J connectivity index is 0.798. The van der Waals surface area contributed by atoms with E-state index in [1.54, 1.807) is 22.7 Å². The van der Waals surface area contributed by atoms with Gasteiger partial charge < -0.3 is 35.4 Å². The van der Waals surface area contributed by atoms with Crippen LogP contribution in [0.15, 0.2) is 59.0 Å². The molecule has 3 aromatic heterocycles. The molecule has 19 heteroatoms. The zero-order valence-corrected chi connectivity index (χ0v) is 43.3. The number of thiazole rings is 1. The van der Waals surface area contributed by atoms with Crippen LogP contribution in [0.4, 0.5) is 0 Å². The van der Waals surface area contributed by atoms with Crippen molar-refractivity contribution in [2.45, 2.75) is 130 Å². The lowest BCUT2D eigenvalue weighted by Crippen LogP contribution is -2.59. The van der Waals surface area contributed by atoms with Crippen LogP contribution in [0, 0.1) is 33.1 Å². The Hall–Kier alpha value is -5.37. The fraction of sp³-hybridized carbons (Fsp3) is 0.490. The summed E-state index contributed by atoms with van der Waals surface area (Å²) < 4.78 is 14.1. The lowest BCUT2D eigenvalue weighted by Gasteiger charge is -2.36. The predicted molar refractivity (Wildman–Crippen MR) is 271 cm³/mol. The molecule has 2 fully saturated rings. The van der Waals surface area contributed by atoms with Crippen LogP contribution in [-0.4, -0.2) is 116 Å². The standard InChI is InChI=1S/C51H62ClN9O7S2/c1-27-30(4)70-50-42(27)43(33-14-16-35(52)17-15-33)56-38(46-59-58-31(5)61(46)50)23-41(63)53-20-9-21-67-25-37-18-19-40(68-37)48(65)57-45(51(6,7)8)49(66)60-24-36(62)22-39(60)47(64)55-28(2)32-10-12-34(13-11-32)44-29(3)54-26-69-44/h10-17,26,28,36-40,45,62H,9,18-25H2,1-8H3,(H,53,63)(H,55,64)(H,57,65)/t28-,36+,37+,38-,39-,40-,45?/m0/s1. The van der Waals surface area contributed by atoms with E-state index >= 15 is 0 Å². The molecule has 4 N–H and O–H groups in total. The Morgan fingerprint density at radius 1 is 0.971 bits per heavy atom. The average molecular weight is 1010 g/mol. The summed E-state index contributed by atoms with van der Waals surface area (Å²) >= 11 is 9.48. The topological polar surface area (TPSA) is 202 Å². The number of aliphatic hydroxyl groups is 1. The number of aryl methyl sites for hydroxylation is 3. The largest absolute Gasteiger partial charge is 0.391 e. The molecule has 8 rings (SSSR count). The number of aromatic nitrogens is 4. The number of likely N-dealkylation sites (tertiary alicyclic amines) is 1. The monoisotopic (exact) mass is 1010 g/mol. The highest BCUT2D eigenvalue weighted by Gasteiger charge is 2.46. The van der Waals surface area contributed by atoms with Crippen LogP contribution in [0.25, 0.3) is 15.4 Å². The number of aliphatic hydroxyl groups excluding tert-OH is 1. The van der Waals surface area contributed by atoms with Gasteiger partial charge in [-0.1, -0.05) is 68.8 Å². The van der Waals surface area contributed by atoms with Crippen LogP contribution in [-0.2, 0) is 28.7 Å². The number of benzene rings is 2. The Labute approximate surface area is 421 Å². The number of rotatable bonds is 16. The van der Waals surface area contributed by atoms with Crippen molar-refractivity contribution < 1.29 is 33.8 Å². The highest BCUT2D eigenvalue weighted by atomic mass is 35.5. The lowest BCUT2D eigenvalue weighted by atomic mass is 9.85. The molecule has 0 bridgehead atoms. The molecule has 7 atom stereocenters. The van der Waals surface area contributed by atoms with E-state index in [0.717, 1.165) is 59.8 Å². The third-order valence-corrected chi connectivity index (χ3v) is 15.7. The second kappa shape index (κ2) is 21.5.